The van der Waals surface area contributed by atoms with E-state index in [2.05, 4.69) is 48.4 Å². The van der Waals surface area contributed by atoms with Crippen LogP contribution in [0.2, 0.25) is 0 Å². The third-order valence-corrected chi connectivity index (χ3v) is 6.01. The number of para-hydroxylation sites is 1. The number of rotatable bonds is 12. The lowest BCUT2D eigenvalue weighted by Gasteiger charge is -2.13. The molecular weight excluding hydrogens is 436 g/mol. The predicted molar refractivity (Wildman–Crippen MR) is 131 cm³/mol. The van der Waals surface area contributed by atoms with Crippen LogP contribution in [0, 0.1) is 5.92 Å². The summed E-state index contributed by atoms with van der Waals surface area (Å²) in [6.45, 7) is 7.91. The van der Waals surface area contributed by atoms with Crippen LogP contribution in [0.1, 0.15) is 37.7 Å². The van der Waals surface area contributed by atoms with Crippen molar-refractivity contribution in [3.05, 3.63) is 65.5 Å². The third kappa shape index (κ3) is 7.25. The van der Waals surface area contributed by atoms with E-state index in [1.54, 1.807) is 7.11 Å². The highest BCUT2D eigenvalue weighted by atomic mass is 32.2. The summed E-state index contributed by atoms with van der Waals surface area (Å²) in [7, 11) is 1.62. The largest absolute Gasteiger partial charge is 0.496 e. The molecule has 8 heteroatoms. The molecular formula is C25H32N4O3S. The lowest BCUT2D eigenvalue weighted by molar-refractivity contribution is -0.118. The summed E-state index contributed by atoms with van der Waals surface area (Å²) in [5.41, 5.74) is 2.21. The summed E-state index contributed by atoms with van der Waals surface area (Å²) in [6, 6.07) is 15.7. The van der Waals surface area contributed by atoms with Crippen LogP contribution in [-0.4, -0.2) is 33.5 Å². The van der Waals surface area contributed by atoms with E-state index in [4.69, 9.17) is 9.47 Å². The zero-order valence-electron chi connectivity index (χ0n) is 19.7. The first-order valence-electron chi connectivity index (χ1n) is 11.1. The van der Waals surface area contributed by atoms with E-state index >= 15 is 0 Å². The van der Waals surface area contributed by atoms with Crippen molar-refractivity contribution in [2.75, 3.05) is 12.9 Å². The molecule has 3 aromatic rings. The van der Waals surface area contributed by atoms with Gasteiger partial charge in [-0.1, -0.05) is 62.9 Å². The number of ether oxygens (including phenoxy) is 2. The fourth-order valence-electron chi connectivity index (χ4n) is 3.27. The lowest BCUT2D eigenvalue weighted by Crippen LogP contribution is -2.25. The molecule has 2 aromatic carbocycles. The fourth-order valence-corrected chi connectivity index (χ4v) is 4.07. The van der Waals surface area contributed by atoms with Crippen molar-refractivity contribution in [1.82, 2.24) is 20.1 Å². The van der Waals surface area contributed by atoms with Crippen molar-refractivity contribution in [1.29, 1.82) is 0 Å². The molecule has 0 atom stereocenters. The highest BCUT2D eigenvalue weighted by Crippen LogP contribution is 2.21. The van der Waals surface area contributed by atoms with Crippen molar-refractivity contribution in [3.8, 4) is 11.5 Å². The van der Waals surface area contributed by atoms with E-state index in [0.29, 0.717) is 19.1 Å². The number of amides is 1. The van der Waals surface area contributed by atoms with Crippen LogP contribution in [-0.2, 0) is 30.9 Å². The predicted octanol–water partition coefficient (Wildman–Crippen LogP) is 4.49. The minimum absolute atomic E-state index is 0.0705. The SMILES string of the molecule is CCc1ccc(OCc2nnc(SCC(=O)NCc3ccccc3OC)n2CC(C)C)cc1. The van der Waals surface area contributed by atoms with Crippen molar-refractivity contribution in [2.45, 2.75) is 52.0 Å². The number of nitrogens with zero attached hydrogens (tertiary/aromatic N) is 3. The Kier molecular flexibility index (Phi) is 9.18. The average Bonchev–Trinajstić information content (AvgIpc) is 3.21. The molecule has 0 saturated carbocycles. The number of benzene rings is 2. The molecule has 0 bridgehead atoms. The quantitative estimate of drug-likeness (QED) is 0.395. The number of carbonyl (C=O) groups excluding carboxylic acids is 1. The normalized spacial score (nSPS) is 10.9. The minimum Gasteiger partial charge on any atom is -0.496 e. The van der Waals surface area contributed by atoms with Gasteiger partial charge in [0.25, 0.3) is 0 Å². The summed E-state index contributed by atoms with van der Waals surface area (Å²) >= 11 is 1.38. The molecule has 0 spiro atoms. The highest BCUT2D eigenvalue weighted by molar-refractivity contribution is 7.99. The van der Waals surface area contributed by atoms with Crippen LogP contribution in [0.3, 0.4) is 0 Å². The second-order valence-corrected chi connectivity index (χ2v) is 9.01. The minimum atomic E-state index is -0.0705. The van der Waals surface area contributed by atoms with Gasteiger partial charge >= 0.3 is 0 Å². The zero-order valence-corrected chi connectivity index (χ0v) is 20.5. The van der Waals surface area contributed by atoms with Gasteiger partial charge in [-0.05, 0) is 36.1 Å². The molecule has 1 amide bonds. The van der Waals surface area contributed by atoms with E-state index < -0.39 is 0 Å². The van der Waals surface area contributed by atoms with Crippen LogP contribution in [0.25, 0.3) is 0 Å². The van der Waals surface area contributed by atoms with Crippen LogP contribution in [0.4, 0.5) is 0 Å². The summed E-state index contributed by atoms with van der Waals surface area (Å²) in [6.07, 6.45) is 0.996. The first kappa shape index (κ1) is 24.6. The van der Waals surface area contributed by atoms with Gasteiger partial charge in [0.2, 0.25) is 5.91 Å². The maximum atomic E-state index is 12.4. The summed E-state index contributed by atoms with van der Waals surface area (Å²) in [4.78, 5) is 12.4. The van der Waals surface area contributed by atoms with Gasteiger partial charge in [0.1, 0.15) is 18.1 Å². The zero-order chi connectivity index (χ0) is 23.6. The van der Waals surface area contributed by atoms with Gasteiger partial charge in [-0.3, -0.25) is 4.79 Å². The third-order valence-electron chi connectivity index (χ3n) is 5.04. The van der Waals surface area contributed by atoms with E-state index in [1.165, 1.54) is 17.3 Å². The Morgan fingerprint density at radius 1 is 1.12 bits per heavy atom. The molecule has 3 rings (SSSR count). The van der Waals surface area contributed by atoms with E-state index in [-0.39, 0.29) is 11.7 Å². The Balaban J connectivity index is 1.58. The smallest absolute Gasteiger partial charge is 0.230 e. The number of thioether (sulfide) groups is 1. The van der Waals surface area contributed by atoms with Gasteiger partial charge in [0.15, 0.2) is 11.0 Å². The number of carbonyl (C=O) groups is 1. The molecule has 0 aliphatic heterocycles. The molecule has 0 fully saturated rings. The number of nitrogens with one attached hydrogen (secondary N) is 1. The second kappa shape index (κ2) is 12.3. The molecule has 1 heterocycles. The van der Waals surface area contributed by atoms with Gasteiger partial charge in [0.05, 0.1) is 12.9 Å². The van der Waals surface area contributed by atoms with Gasteiger partial charge in [0, 0.05) is 18.7 Å². The van der Waals surface area contributed by atoms with Crippen LogP contribution < -0.4 is 14.8 Å². The molecule has 176 valence electrons. The summed E-state index contributed by atoms with van der Waals surface area (Å²) in [5, 5.41) is 12.3. The molecule has 1 aromatic heterocycles. The van der Waals surface area contributed by atoms with Crippen molar-refractivity contribution in [3.63, 3.8) is 0 Å². The maximum Gasteiger partial charge on any atom is 0.230 e. The Labute approximate surface area is 199 Å². The van der Waals surface area contributed by atoms with Crippen LogP contribution in [0.5, 0.6) is 11.5 Å². The van der Waals surface area contributed by atoms with Crippen LogP contribution >= 0.6 is 11.8 Å². The van der Waals surface area contributed by atoms with Crippen molar-refractivity contribution >= 4 is 17.7 Å². The molecule has 7 nitrogen and oxygen atoms in total. The molecule has 0 aliphatic carbocycles. The number of hydrogen-bond donors (Lipinski definition) is 1. The number of aromatic nitrogens is 3. The Hall–Kier alpha value is -3.00. The van der Waals surface area contributed by atoms with E-state index in [1.807, 2.05) is 41.0 Å². The summed E-state index contributed by atoms with van der Waals surface area (Å²) < 4.78 is 13.3. The first-order valence-corrected chi connectivity index (χ1v) is 12.1. The molecule has 0 saturated heterocycles. The monoisotopic (exact) mass is 468 g/mol. The topological polar surface area (TPSA) is 78.3 Å². The van der Waals surface area contributed by atoms with Gasteiger partial charge in [-0.15, -0.1) is 10.2 Å². The molecule has 1 N–H and O–H groups in total. The molecule has 0 radical (unpaired) electrons. The fraction of sp³-hybridized carbons (Fsp3) is 0.400. The first-order chi connectivity index (χ1) is 16.0. The highest BCUT2D eigenvalue weighted by Gasteiger charge is 2.16. The van der Waals surface area contributed by atoms with Gasteiger partial charge < -0.3 is 19.4 Å². The Morgan fingerprint density at radius 3 is 2.58 bits per heavy atom. The standard InChI is InChI=1S/C25H32N4O3S/c1-5-19-10-12-21(13-11-19)32-16-23-27-28-25(29(23)15-18(2)3)33-17-24(30)26-14-20-8-6-7-9-22(20)31-4/h6-13,18H,5,14-17H2,1-4H3,(H,26,30). The second-order valence-electron chi connectivity index (χ2n) is 8.07. The van der Waals surface area contributed by atoms with Crippen molar-refractivity contribution < 1.29 is 14.3 Å². The number of methoxy groups -OCH3 is 1. The lowest BCUT2D eigenvalue weighted by atomic mass is 10.2. The van der Waals surface area contributed by atoms with Crippen molar-refractivity contribution in [2.24, 2.45) is 5.92 Å². The molecule has 0 aliphatic rings. The average molecular weight is 469 g/mol. The van der Waals surface area contributed by atoms with Gasteiger partial charge in [-0.2, -0.15) is 0 Å². The Morgan fingerprint density at radius 2 is 1.88 bits per heavy atom. The summed E-state index contributed by atoms with van der Waals surface area (Å²) in [5.74, 6) is 2.90. The van der Waals surface area contributed by atoms with E-state index in [9.17, 15) is 4.79 Å². The van der Waals surface area contributed by atoms with Crippen LogP contribution in [0.15, 0.2) is 53.7 Å². The molecule has 0 unspecified atom stereocenters. The number of aryl methyl sites for hydroxylation is 1. The van der Waals surface area contributed by atoms with Gasteiger partial charge in [-0.25, -0.2) is 0 Å². The maximum absolute atomic E-state index is 12.4. The Bertz CT molecular complexity index is 1030. The molecule has 33 heavy (non-hydrogen) atoms. The van der Waals surface area contributed by atoms with E-state index in [0.717, 1.165) is 41.0 Å². The number of hydrogen-bond acceptors (Lipinski definition) is 6.